The summed E-state index contributed by atoms with van der Waals surface area (Å²) in [6.45, 7) is 6.42. The van der Waals surface area contributed by atoms with Crippen LogP contribution >= 0.6 is 0 Å². The summed E-state index contributed by atoms with van der Waals surface area (Å²) in [5.74, 6) is -1.05. The molecule has 3 N–H and O–H groups in total. The standard InChI is InChI=1S/C19H25NO3Si/c1-19(2,3)24(15-10-6-4-7-11-15,16-12-8-5-9-13-16)23-14-17(20)18(21)22/h4-13,17H,14,20H2,1-3H3,(H,21,22). The first-order valence-corrected chi connectivity index (χ1v) is 9.93. The molecule has 0 aliphatic heterocycles. The van der Waals surface area contributed by atoms with Gasteiger partial charge in [-0.2, -0.15) is 0 Å². The Labute approximate surface area is 144 Å². The van der Waals surface area contributed by atoms with E-state index in [4.69, 9.17) is 15.3 Å². The smallest absolute Gasteiger partial charge is 0.322 e. The number of hydrogen-bond donors (Lipinski definition) is 2. The van der Waals surface area contributed by atoms with Crippen LogP contribution in [0, 0.1) is 0 Å². The first-order valence-electron chi connectivity index (χ1n) is 8.02. The predicted molar refractivity (Wildman–Crippen MR) is 99.2 cm³/mol. The van der Waals surface area contributed by atoms with Crippen LogP contribution in [-0.2, 0) is 9.22 Å². The van der Waals surface area contributed by atoms with Crippen LogP contribution in [0.2, 0.25) is 5.04 Å². The van der Waals surface area contributed by atoms with Gasteiger partial charge in [0, 0.05) is 0 Å². The third-order valence-corrected chi connectivity index (χ3v) is 9.22. The first-order chi connectivity index (χ1) is 11.3. The highest BCUT2D eigenvalue weighted by atomic mass is 28.4. The van der Waals surface area contributed by atoms with Crippen molar-refractivity contribution in [2.24, 2.45) is 5.73 Å². The van der Waals surface area contributed by atoms with Crippen LogP contribution in [0.4, 0.5) is 0 Å². The summed E-state index contributed by atoms with van der Waals surface area (Å²) < 4.78 is 6.42. The van der Waals surface area contributed by atoms with Crippen molar-refractivity contribution in [2.75, 3.05) is 6.61 Å². The van der Waals surface area contributed by atoms with E-state index in [2.05, 4.69) is 45.0 Å². The number of carbonyl (C=O) groups is 1. The fourth-order valence-corrected chi connectivity index (χ4v) is 7.63. The fourth-order valence-electron chi connectivity index (χ4n) is 3.05. The van der Waals surface area contributed by atoms with Gasteiger partial charge in [0.05, 0.1) is 6.61 Å². The van der Waals surface area contributed by atoms with Gasteiger partial charge in [0.2, 0.25) is 0 Å². The van der Waals surface area contributed by atoms with E-state index in [1.165, 1.54) is 0 Å². The van der Waals surface area contributed by atoms with Gasteiger partial charge in [0.1, 0.15) is 6.04 Å². The Morgan fingerprint density at radius 1 is 1.04 bits per heavy atom. The summed E-state index contributed by atoms with van der Waals surface area (Å²) in [6, 6.07) is 19.1. The molecule has 0 bridgehead atoms. The van der Waals surface area contributed by atoms with Crippen molar-refractivity contribution in [1.82, 2.24) is 0 Å². The molecule has 0 amide bonds. The molecule has 1 atom stereocenters. The van der Waals surface area contributed by atoms with E-state index < -0.39 is 20.3 Å². The molecular formula is C19H25NO3Si. The van der Waals surface area contributed by atoms with Crippen molar-refractivity contribution in [2.45, 2.75) is 31.9 Å². The Bertz CT molecular complexity index is 629. The van der Waals surface area contributed by atoms with Crippen molar-refractivity contribution < 1.29 is 14.3 Å². The number of nitrogens with two attached hydrogens (primary N) is 1. The average Bonchev–Trinajstić information content (AvgIpc) is 2.56. The Hall–Kier alpha value is -1.95. The SMILES string of the molecule is CC(C)(C)[Si](OCC(N)C(=O)O)(c1ccccc1)c1ccccc1. The molecule has 0 saturated carbocycles. The van der Waals surface area contributed by atoms with E-state index >= 15 is 0 Å². The van der Waals surface area contributed by atoms with Crippen LogP contribution in [0.25, 0.3) is 0 Å². The van der Waals surface area contributed by atoms with E-state index in [0.717, 1.165) is 10.4 Å². The van der Waals surface area contributed by atoms with E-state index in [0.29, 0.717) is 0 Å². The minimum atomic E-state index is -2.70. The van der Waals surface area contributed by atoms with Gasteiger partial charge < -0.3 is 15.3 Å². The van der Waals surface area contributed by atoms with Crippen LogP contribution in [-0.4, -0.2) is 32.0 Å². The Balaban J connectivity index is 2.59. The van der Waals surface area contributed by atoms with E-state index in [1.807, 2.05) is 36.4 Å². The lowest BCUT2D eigenvalue weighted by Gasteiger charge is -2.43. The zero-order valence-electron chi connectivity index (χ0n) is 14.4. The molecule has 0 spiro atoms. The quantitative estimate of drug-likeness (QED) is 0.787. The van der Waals surface area contributed by atoms with E-state index in [-0.39, 0.29) is 11.6 Å². The summed E-state index contributed by atoms with van der Waals surface area (Å²) in [7, 11) is -2.70. The largest absolute Gasteiger partial charge is 0.480 e. The van der Waals surface area contributed by atoms with Crippen LogP contribution in [0.3, 0.4) is 0 Å². The second kappa shape index (κ2) is 7.30. The molecule has 0 radical (unpaired) electrons. The normalized spacial score (nSPS) is 13.5. The molecule has 0 fully saturated rings. The summed E-state index contributed by atoms with van der Waals surface area (Å²) in [4.78, 5) is 11.1. The molecule has 24 heavy (non-hydrogen) atoms. The zero-order valence-corrected chi connectivity index (χ0v) is 15.4. The first kappa shape index (κ1) is 18.4. The van der Waals surface area contributed by atoms with Gasteiger partial charge in [-0.05, 0) is 15.4 Å². The van der Waals surface area contributed by atoms with Crippen molar-refractivity contribution in [3.63, 3.8) is 0 Å². The van der Waals surface area contributed by atoms with Gasteiger partial charge >= 0.3 is 5.97 Å². The maximum absolute atomic E-state index is 11.1. The molecule has 0 aliphatic rings. The van der Waals surface area contributed by atoms with Gasteiger partial charge in [0.15, 0.2) is 0 Å². The van der Waals surface area contributed by atoms with Gasteiger partial charge in [-0.25, -0.2) is 0 Å². The van der Waals surface area contributed by atoms with Crippen molar-refractivity contribution >= 4 is 24.7 Å². The van der Waals surface area contributed by atoms with Crippen LogP contribution in [0.5, 0.6) is 0 Å². The summed E-state index contributed by atoms with van der Waals surface area (Å²) in [5, 5.41) is 11.2. The van der Waals surface area contributed by atoms with Gasteiger partial charge in [0.25, 0.3) is 8.32 Å². The molecule has 2 rings (SSSR count). The van der Waals surface area contributed by atoms with E-state index in [9.17, 15) is 4.79 Å². The van der Waals surface area contributed by atoms with E-state index in [1.54, 1.807) is 0 Å². The number of carboxylic acid groups (broad SMARTS) is 1. The summed E-state index contributed by atoms with van der Waals surface area (Å²) in [5.41, 5.74) is 5.72. The maximum Gasteiger partial charge on any atom is 0.322 e. The van der Waals surface area contributed by atoms with Crippen LogP contribution in [0.1, 0.15) is 20.8 Å². The molecule has 2 aromatic carbocycles. The molecule has 0 aromatic heterocycles. The highest BCUT2D eigenvalue weighted by molar-refractivity contribution is 6.99. The number of rotatable bonds is 6. The molecule has 0 heterocycles. The second-order valence-electron chi connectivity index (χ2n) is 6.92. The number of hydrogen-bond acceptors (Lipinski definition) is 3. The third-order valence-electron chi connectivity index (χ3n) is 4.21. The van der Waals surface area contributed by atoms with Crippen LogP contribution in [0.15, 0.2) is 60.7 Å². The monoisotopic (exact) mass is 343 g/mol. The lowest BCUT2D eigenvalue weighted by molar-refractivity contribution is -0.139. The minimum absolute atomic E-state index is 0.0113. The lowest BCUT2D eigenvalue weighted by atomic mass is 10.2. The maximum atomic E-state index is 11.1. The number of carboxylic acids is 1. The summed E-state index contributed by atoms with van der Waals surface area (Å²) >= 11 is 0. The van der Waals surface area contributed by atoms with Crippen molar-refractivity contribution in [3.8, 4) is 0 Å². The highest BCUT2D eigenvalue weighted by Crippen LogP contribution is 2.36. The molecule has 0 aliphatic carbocycles. The summed E-state index contributed by atoms with van der Waals surface area (Å²) in [6.07, 6.45) is 0. The molecule has 5 heteroatoms. The Morgan fingerprint density at radius 3 is 1.79 bits per heavy atom. The average molecular weight is 343 g/mol. The van der Waals surface area contributed by atoms with Crippen molar-refractivity contribution in [1.29, 1.82) is 0 Å². The van der Waals surface area contributed by atoms with Gasteiger partial charge in [-0.15, -0.1) is 0 Å². The Morgan fingerprint density at radius 2 is 1.46 bits per heavy atom. The fraction of sp³-hybridized carbons (Fsp3) is 0.316. The zero-order chi connectivity index (χ0) is 17.8. The topological polar surface area (TPSA) is 72.5 Å². The molecule has 2 aromatic rings. The molecule has 0 saturated heterocycles. The second-order valence-corrected chi connectivity index (χ2v) is 11.2. The molecule has 1 unspecified atom stereocenters. The predicted octanol–water partition coefficient (Wildman–Crippen LogP) is 1.97. The lowest BCUT2D eigenvalue weighted by Crippen LogP contribution is -2.67. The Kier molecular flexibility index (Phi) is 5.59. The molecule has 4 nitrogen and oxygen atoms in total. The number of aliphatic carboxylic acids is 1. The number of benzene rings is 2. The molecule has 128 valence electrons. The van der Waals surface area contributed by atoms with Gasteiger partial charge in [-0.3, -0.25) is 4.79 Å². The van der Waals surface area contributed by atoms with Crippen molar-refractivity contribution in [3.05, 3.63) is 60.7 Å². The highest BCUT2D eigenvalue weighted by Gasteiger charge is 2.50. The van der Waals surface area contributed by atoms with Gasteiger partial charge in [-0.1, -0.05) is 81.4 Å². The van der Waals surface area contributed by atoms with Crippen LogP contribution < -0.4 is 16.1 Å². The third kappa shape index (κ3) is 3.58. The molecular weight excluding hydrogens is 318 g/mol. The minimum Gasteiger partial charge on any atom is -0.480 e.